The molecule has 1 N–H and O–H groups in total. The smallest absolute Gasteiger partial charge is 0.262 e. The molecule has 1 aliphatic rings. The third-order valence-electron chi connectivity index (χ3n) is 5.10. The molecule has 0 bridgehead atoms. The summed E-state index contributed by atoms with van der Waals surface area (Å²) in [4.78, 5) is 4.77. The first-order valence-corrected chi connectivity index (χ1v) is 11.5. The summed E-state index contributed by atoms with van der Waals surface area (Å²) in [6.07, 6.45) is 1.21. The van der Waals surface area contributed by atoms with Crippen LogP contribution >= 0.6 is 11.6 Å². The lowest BCUT2D eigenvalue weighted by Crippen LogP contribution is -2.16. The second-order valence-electron chi connectivity index (χ2n) is 7.03. The summed E-state index contributed by atoms with van der Waals surface area (Å²) < 4.78 is 41.9. The summed E-state index contributed by atoms with van der Waals surface area (Å²) in [5.74, 6) is -0.257. The van der Waals surface area contributed by atoms with E-state index < -0.39 is 10.0 Å². The lowest BCUT2D eigenvalue weighted by atomic mass is 9.93. The van der Waals surface area contributed by atoms with Crippen molar-refractivity contribution in [1.82, 2.24) is 0 Å². The predicted molar refractivity (Wildman–Crippen MR) is 119 cm³/mol. The van der Waals surface area contributed by atoms with E-state index in [-0.39, 0.29) is 10.7 Å². The number of rotatable bonds is 5. The molecule has 30 heavy (non-hydrogen) atoms. The van der Waals surface area contributed by atoms with E-state index >= 15 is 0 Å². The van der Waals surface area contributed by atoms with Crippen LogP contribution < -0.4 is 4.72 Å². The molecule has 0 spiro atoms. The molecule has 0 saturated carbocycles. The number of hydrogen-bond donors (Lipinski definition) is 1. The fourth-order valence-corrected chi connectivity index (χ4v) is 5.42. The summed E-state index contributed by atoms with van der Waals surface area (Å²) in [5.41, 5.74) is 4.50. The number of sulfonamides is 1. The first kappa shape index (κ1) is 20.6. The van der Waals surface area contributed by atoms with Crippen molar-refractivity contribution in [3.8, 4) is 0 Å². The van der Waals surface area contributed by atoms with Crippen LogP contribution in [0.1, 0.15) is 29.2 Å². The normalized spacial score (nSPS) is 13.5. The van der Waals surface area contributed by atoms with Gasteiger partial charge < -0.3 is 0 Å². The number of benzene rings is 3. The summed E-state index contributed by atoms with van der Waals surface area (Å²) in [5, 5.41) is 0.432. The average Bonchev–Trinajstić information content (AvgIpc) is 2.73. The maximum atomic E-state index is 13.5. The zero-order valence-electron chi connectivity index (χ0n) is 16.3. The molecule has 0 atom stereocenters. The zero-order valence-corrected chi connectivity index (χ0v) is 17.9. The van der Waals surface area contributed by atoms with Crippen molar-refractivity contribution in [2.45, 2.75) is 24.7 Å². The van der Waals surface area contributed by atoms with Gasteiger partial charge in [0.15, 0.2) is 0 Å². The number of halogens is 2. The molecule has 0 aliphatic carbocycles. The van der Waals surface area contributed by atoms with Crippen molar-refractivity contribution < 1.29 is 12.8 Å². The van der Waals surface area contributed by atoms with Crippen molar-refractivity contribution in [2.75, 3.05) is 11.3 Å². The molecule has 0 radical (unpaired) electrons. The van der Waals surface area contributed by atoms with E-state index in [1.165, 1.54) is 6.07 Å². The Balaban J connectivity index is 1.61. The van der Waals surface area contributed by atoms with Crippen LogP contribution in [-0.4, -0.2) is 20.7 Å². The topological polar surface area (TPSA) is 58.5 Å². The van der Waals surface area contributed by atoms with Gasteiger partial charge in [-0.05, 0) is 66.4 Å². The summed E-state index contributed by atoms with van der Waals surface area (Å²) in [7, 11) is -3.78. The molecular formula is C23H20ClFN2O2S. The van der Waals surface area contributed by atoms with Gasteiger partial charge in [-0.15, -0.1) is 0 Å². The van der Waals surface area contributed by atoms with Gasteiger partial charge in [-0.1, -0.05) is 36.7 Å². The van der Waals surface area contributed by atoms with Crippen LogP contribution in [0.4, 0.5) is 10.1 Å². The quantitative estimate of drug-likeness (QED) is 0.587. The van der Waals surface area contributed by atoms with Crippen molar-refractivity contribution >= 4 is 33.0 Å². The number of anilines is 1. The number of nitrogens with zero attached hydrogens (tertiary/aromatic N) is 1. The van der Waals surface area contributed by atoms with Gasteiger partial charge in [0.05, 0.1) is 10.6 Å². The second kappa shape index (κ2) is 8.20. The van der Waals surface area contributed by atoms with E-state index in [0.717, 1.165) is 22.4 Å². The molecular weight excluding hydrogens is 423 g/mol. The van der Waals surface area contributed by atoms with Crippen LogP contribution in [0.3, 0.4) is 0 Å². The number of fused-ring (bicyclic) bond motifs is 1. The Labute approximate surface area is 180 Å². The lowest BCUT2D eigenvalue weighted by molar-refractivity contribution is 0.600. The lowest BCUT2D eigenvalue weighted by Gasteiger charge is -2.18. The van der Waals surface area contributed by atoms with Gasteiger partial charge in [-0.3, -0.25) is 9.71 Å². The van der Waals surface area contributed by atoms with E-state index in [0.29, 0.717) is 35.7 Å². The van der Waals surface area contributed by atoms with Crippen LogP contribution in [0.25, 0.3) is 0 Å². The van der Waals surface area contributed by atoms with Crippen molar-refractivity contribution in [2.24, 2.45) is 4.99 Å². The van der Waals surface area contributed by atoms with E-state index in [2.05, 4.69) is 9.71 Å². The van der Waals surface area contributed by atoms with Gasteiger partial charge in [0, 0.05) is 28.4 Å². The highest BCUT2D eigenvalue weighted by molar-refractivity contribution is 7.92. The minimum Gasteiger partial charge on any atom is -0.284 e. The van der Waals surface area contributed by atoms with E-state index in [9.17, 15) is 12.8 Å². The van der Waals surface area contributed by atoms with E-state index in [4.69, 9.17) is 11.6 Å². The van der Waals surface area contributed by atoms with Crippen LogP contribution in [0.15, 0.2) is 70.6 Å². The number of hydrogen-bond acceptors (Lipinski definition) is 3. The predicted octanol–water partition coefficient (Wildman–Crippen LogP) is 5.24. The zero-order chi connectivity index (χ0) is 21.3. The maximum Gasteiger partial charge on any atom is 0.262 e. The highest BCUT2D eigenvalue weighted by Gasteiger charge is 2.20. The second-order valence-corrected chi connectivity index (χ2v) is 9.09. The van der Waals surface area contributed by atoms with Crippen molar-refractivity contribution in [3.63, 3.8) is 0 Å². The molecule has 4 rings (SSSR count). The molecule has 0 saturated heterocycles. The van der Waals surface area contributed by atoms with Gasteiger partial charge in [0.1, 0.15) is 5.82 Å². The Hall–Kier alpha value is -2.70. The summed E-state index contributed by atoms with van der Waals surface area (Å²) in [6, 6.07) is 16.6. The summed E-state index contributed by atoms with van der Waals surface area (Å²) >= 11 is 6.17. The third kappa shape index (κ3) is 3.98. The van der Waals surface area contributed by atoms with E-state index in [1.54, 1.807) is 42.5 Å². The summed E-state index contributed by atoms with van der Waals surface area (Å²) in [6.45, 7) is 2.46. The van der Waals surface area contributed by atoms with Gasteiger partial charge in [0.2, 0.25) is 0 Å². The molecule has 0 amide bonds. The van der Waals surface area contributed by atoms with Crippen LogP contribution in [0.2, 0.25) is 5.02 Å². The van der Waals surface area contributed by atoms with Crippen molar-refractivity contribution in [1.29, 1.82) is 0 Å². The maximum absolute atomic E-state index is 13.5. The Morgan fingerprint density at radius 1 is 1.10 bits per heavy atom. The van der Waals surface area contributed by atoms with Crippen molar-refractivity contribution in [3.05, 3.63) is 93.8 Å². The molecule has 3 aromatic carbocycles. The SMILES string of the molecule is CCc1c(Cl)cccc1S(=O)(=O)Nc1ccc(C2=NCCc3cc(F)ccc32)cc1. The molecule has 3 aromatic rings. The molecule has 0 unspecified atom stereocenters. The fraction of sp³-hybridized carbons (Fsp3) is 0.174. The largest absolute Gasteiger partial charge is 0.284 e. The van der Waals surface area contributed by atoms with Crippen LogP contribution in [0.5, 0.6) is 0 Å². The van der Waals surface area contributed by atoms with Gasteiger partial charge in [0.25, 0.3) is 10.0 Å². The Kier molecular flexibility index (Phi) is 5.62. The highest BCUT2D eigenvalue weighted by atomic mass is 35.5. The fourth-order valence-electron chi connectivity index (χ4n) is 3.66. The van der Waals surface area contributed by atoms with Gasteiger partial charge in [-0.25, -0.2) is 12.8 Å². The number of aliphatic imine (C=N–C) groups is 1. The molecule has 0 fully saturated rings. The minimum absolute atomic E-state index is 0.175. The molecule has 7 heteroatoms. The molecule has 0 aromatic heterocycles. The van der Waals surface area contributed by atoms with Gasteiger partial charge >= 0.3 is 0 Å². The first-order chi connectivity index (χ1) is 14.4. The van der Waals surface area contributed by atoms with Crippen LogP contribution in [0, 0.1) is 5.82 Å². The Morgan fingerprint density at radius 3 is 2.60 bits per heavy atom. The van der Waals surface area contributed by atoms with Gasteiger partial charge in [-0.2, -0.15) is 0 Å². The minimum atomic E-state index is -3.78. The first-order valence-electron chi connectivity index (χ1n) is 9.63. The average molecular weight is 443 g/mol. The molecule has 4 nitrogen and oxygen atoms in total. The van der Waals surface area contributed by atoms with E-state index in [1.807, 2.05) is 19.1 Å². The Bertz CT molecular complexity index is 1240. The molecule has 1 heterocycles. The number of nitrogens with one attached hydrogen (secondary N) is 1. The van der Waals surface area contributed by atoms with Crippen LogP contribution in [-0.2, 0) is 22.9 Å². The highest BCUT2D eigenvalue weighted by Crippen LogP contribution is 2.27. The molecule has 154 valence electrons. The third-order valence-corrected chi connectivity index (χ3v) is 6.92. The molecule has 1 aliphatic heterocycles. The monoisotopic (exact) mass is 442 g/mol. The Morgan fingerprint density at radius 2 is 1.87 bits per heavy atom. The standard InChI is InChI=1S/C23H20ClFN2O2S/c1-2-19-21(24)4-3-5-22(19)30(28,29)27-18-9-6-15(7-10-18)23-20-11-8-17(25)14-16(20)12-13-26-23/h3-11,14,27H,2,12-13H2,1H3.